The molecule has 0 unspecified atom stereocenters. The molecule has 1 fully saturated rings. The first-order valence-electron chi connectivity index (χ1n) is 10.5. The topological polar surface area (TPSA) is 100 Å². The number of fused-ring (bicyclic) bond motifs is 1. The molecule has 0 radical (unpaired) electrons. The normalized spacial score (nSPS) is 16.0. The van der Waals surface area contributed by atoms with Crippen LogP contribution >= 0.6 is 12.2 Å². The van der Waals surface area contributed by atoms with Gasteiger partial charge in [0.1, 0.15) is 0 Å². The van der Waals surface area contributed by atoms with Crippen molar-refractivity contribution >= 4 is 44.6 Å². The van der Waals surface area contributed by atoms with Gasteiger partial charge in [0.2, 0.25) is 22.7 Å². The largest absolute Gasteiger partial charge is 0.454 e. The van der Waals surface area contributed by atoms with E-state index in [2.05, 4.69) is 10.6 Å². The van der Waals surface area contributed by atoms with Gasteiger partial charge in [-0.1, -0.05) is 6.07 Å². The minimum Gasteiger partial charge on any atom is -0.454 e. The van der Waals surface area contributed by atoms with Crippen molar-refractivity contribution in [2.45, 2.75) is 17.7 Å². The number of piperidine rings is 1. The summed E-state index contributed by atoms with van der Waals surface area (Å²) in [6.07, 6.45) is 1.32. The molecule has 2 aromatic rings. The molecule has 0 aliphatic carbocycles. The number of thiocarbonyl (C=S) groups is 1. The molecule has 9 nitrogen and oxygen atoms in total. The smallest absolute Gasteiger partial charge is 0.242 e. The van der Waals surface area contributed by atoms with Crippen LogP contribution in [0.4, 0.5) is 11.4 Å². The van der Waals surface area contributed by atoms with Crippen LogP contribution in [-0.4, -0.2) is 62.6 Å². The maximum Gasteiger partial charge on any atom is 0.242 e. The molecule has 0 bridgehead atoms. The molecule has 0 spiro atoms. The summed E-state index contributed by atoms with van der Waals surface area (Å²) in [6.45, 7) is 1.44. The molecule has 2 heterocycles. The Morgan fingerprint density at radius 3 is 2.45 bits per heavy atom. The Morgan fingerprint density at radius 1 is 1.03 bits per heavy atom. The summed E-state index contributed by atoms with van der Waals surface area (Å²) < 4.78 is 36.5. The van der Waals surface area contributed by atoms with Crippen LogP contribution in [0.5, 0.6) is 11.5 Å². The monoisotopic (exact) mass is 490 g/mol. The summed E-state index contributed by atoms with van der Waals surface area (Å²) in [7, 11) is -0.543. The number of nitrogens with zero attached hydrogens (tertiary/aromatic N) is 2. The van der Waals surface area contributed by atoms with E-state index in [1.54, 1.807) is 42.5 Å². The van der Waals surface area contributed by atoms with Crippen LogP contribution in [0.15, 0.2) is 47.4 Å². The Bertz CT molecular complexity index is 1160. The maximum absolute atomic E-state index is 12.7. The third kappa shape index (κ3) is 5.21. The van der Waals surface area contributed by atoms with Crippen LogP contribution in [0, 0.1) is 5.92 Å². The Hall–Kier alpha value is -2.89. The lowest BCUT2D eigenvalue weighted by molar-refractivity contribution is -0.120. The zero-order valence-corrected chi connectivity index (χ0v) is 20.0. The number of amides is 1. The molecular formula is C22H26N4O5S2. The van der Waals surface area contributed by atoms with Gasteiger partial charge < -0.3 is 25.0 Å². The second kappa shape index (κ2) is 9.54. The lowest BCUT2D eigenvalue weighted by atomic mass is 9.96. The first kappa shape index (κ1) is 23.3. The van der Waals surface area contributed by atoms with Gasteiger partial charge in [-0.25, -0.2) is 12.7 Å². The van der Waals surface area contributed by atoms with E-state index in [-0.39, 0.29) is 23.5 Å². The number of carbonyl (C=O) groups excluding carboxylic acids is 1. The Morgan fingerprint density at radius 2 is 1.73 bits per heavy atom. The molecule has 2 aromatic carbocycles. The first-order chi connectivity index (χ1) is 15.7. The van der Waals surface area contributed by atoms with Crippen LogP contribution in [-0.2, 0) is 14.8 Å². The van der Waals surface area contributed by atoms with Gasteiger partial charge in [0.25, 0.3) is 0 Å². The number of rotatable bonds is 5. The highest BCUT2D eigenvalue weighted by molar-refractivity contribution is 7.89. The number of hydrogen-bond acceptors (Lipinski definition) is 6. The zero-order chi connectivity index (χ0) is 23.6. The van der Waals surface area contributed by atoms with E-state index >= 15 is 0 Å². The van der Waals surface area contributed by atoms with Gasteiger partial charge in [-0.05, 0) is 55.4 Å². The van der Waals surface area contributed by atoms with E-state index < -0.39 is 10.0 Å². The van der Waals surface area contributed by atoms with Gasteiger partial charge in [-0.3, -0.25) is 4.79 Å². The van der Waals surface area contributed by atoms with E-state index in [0.29, 0.717) is 53.9 Å². The molecule has 1 saturated heterocycles. The second-order valence-electron chi connectivity index (χ2n) is 8.06. The first-order valence-corrected chi connectivity index (χ1v) is 12.4. The predicted octanol–water partition coefficient (Wildman–Crippen LogP) is 2.71. The van der Waals surface area contributed by atoms with Crippen molar-refractivity contribution in [1.29, 1.82) is 0 Å². The highest BCUT2D eigenvalue weighted by atomic mass is 32.2. The fourth-order valence-electron chi connectivity index (χ4n) is 3.71. The Balaban J connectivity index is 1.31. The van der Waals surface area contributed by atoms with Gasteiger partial charge in [0.15, 0.2) is 16.6 Å². The summed E-state index contributed by atoms with van der Waals surface area (Å²) in [5.41, 5.74) is 1.28. The fraction of sp³-hybridized carbons (Fsp3) is 0.364. The van der Waals surface area contributed by atoms with Gasteiger partial charge in [-0.15, -0.1) is 0 Å². The van der Waals surface area contributed by atoms with Crippen molar-refractivity contribution < 1.29 is 22.7 Å². The highest BCUT2D eigenvalue weighted by Gasteiger charge is 2.27. The number of ether oxygens (including phenoxy) is 2. The molecule has 2 aliphatic heterocycles. The van der Waals surface area contributed by atoms with Gasteiger partial charge in [0, 0.05) is 50.5 Å². The molecule has 33 heavy (non-hydrogen) atoms. The predicted molar refractivity (Wildman–Crippen MR) is 129 cm³/mol. The van der Waals surface area contributed by atoms with Crippen LogP contribution in [0.1, 0.15) is 12.8 Å². The van der Waals surface area contributed by atoms with Crippen molar-refractivity contribution in [3.8, 4) is 11.5 Å². The molecule has 11 heteroatoms. The molecule has 0 atom stereocenters. The zero-order valence-electron chi connectivity index (χ0n) is 18.4. The maximum atomic E-state index is 12.7. The number of anilines is 2. The SMILES string of the molecule is CN(C)S(=O)(=O)c1cccc(NC(=S)N2CCC(C(=O)Nc3ccc4c(c3)OCO4)CC2)c1. The third-order valence-electron chi connectivity index (χ3n) is 5.66. The molecule has 1 amide bonds. The summed E-state index contributed by atoms with van der Waals surface area (Å²) in [5.74, 6) is 1.14. The van der Waals surface area contributed by atoms with Gasteiger partial charge >= 0.3 is 0 Å². The van der Waals surface area contributed by atoms with Crippen molar-refractivity contribution in [1.82, 2.24) is 9.21 Å². The Labute approximate surface area is 198 Å². The standard InChI is InChI=1S/C22H26N4O5S2/c1-25(2)33(28,29)18-5-3-4-16(12-18)24-22(32)26-10-8-15(9-11-26)21(27)23-17-6-7-19-20(13-17)31-14-30-19/h3-7,12-13,15H,8-11,14H2,1-2H3,(H,23,27)(H,24,32). The summed E-state index contributed by atoms with van der Waals surface area (Å²) in [5, 5.41) is 6.57. The van der Waals surface area contributed by atoms with E-state index in [1.807, 2.05) is 4.90 Å². The molecule has 0 aromatic heterocycles. The molecular weight excluding hydrogens is 464 g/mol. The number of likely N-dealkylation sites (tertiary alicyclic amines) is 1. The molecule has 2 N–H and O–H groups in total. The summed E-state index contributed by atoms with van der Waals surface area (Å²) in [6, 6.07) is 11.9. The van der Waals surface area contributed by atoms with Crippen LogP contribution in [0.2, 0.25) is 0 Å². The molecule has 2 aliphatic rings. The van der Waals surface area contributed by atoms with E-state index in [1.165, 1.54) is 18.4 Å². The average molecular weight is 491 g/mol. The number of nitrogens with one attached hydrogen (secondary N) is 2. The number of sulfonamides is 1. The van der Waals surface area contributed by atoms with Crippen LogP contribution in [0.3, 0.4) is 0 Å². The van der Waals surface area contributed by atoms with Crippen LogP contribution < -0.4 is 20.1 Å². The van der Waals surface area contributed by atoms with Crippen LogP contribution in [0.25, 0.3) is 0 Å². The number of hydrogen-bond donors (Lipinski definition) is 2. The van der Waals surface area contributed by atoms with E-state index in [4.69, 9.17) is 21.7 Å². The van der Waals surface area contributed by atoms with Crippen molar-refractivity contribution in [2.75, 3.05) is 44.6 Å². The second-order valence-corrected chi connectivity index (χ2v) is 10.6. The Kier molecular flexibility index (Phi) is 6.73. The molecule has 0 saturated carbocycles. The van der Waals surface area contributed by atoms with E-state index in [0.717, 1.165) is 0 Å². The van der Waals surface area contributed by atoms with Gasteiger partial charge in [0.05, 0.1) is 4.90 Å². The lowest BCUT2D eigenvalue weighted by Gasteiger charge is -2.33. The van der Waals surface area contributed by atoms with Crippen molar-refractivity contribution in [2.24, 2.45) is 5.92 Å². The molecule has 176 valence electrons. The average Bonchev–Trinajstić information content (AvgIpc) is 3.27. The third-order valence-corrected chi connectivity index (χ3v) is 7.83. The minimum atomic E-state index is -3.53. The summed E-state index contributed by atoms with van der Waals surface area (Å²) in [4.78, 5) is 14.9. The number of benzene rings is 2. The van der Waals surface area contributed by atoms with Gasteiger partial charge in [-0.2, -0.15) is 0 Å². The fourth-order valence-corrected chi connectivity index (χ4v) is 4.96. The van der Waals surface area contributed by atoms with Crippen molar-refractivity contribution in [3.05, 3.63) is 42.5 Å². The van der Waals surface area contributed by atoms with Crippen molar-refractivity contribution in [3.63, 3.8) is 0 Å². The van der Waals surface area contributed by atoms with E-state index in [9.17, 15) is 13.2 Å². The lowest BCUT2D eigenvalue weighted by Crippen LogP contribution is -2.43. The highest BCUT2D eigenvalue weighted by Crippen LogP contribution is 2.34. The number of carbonyl (C=O) groups is 1. The summed E-state index contributed by atoms with van der Waals surface area (Å²) >= 11 is 5.53. The quantitative estimate of drug-likeness (QED) is 0.617. The molecule has 4 rings (SSSR count). The minimum absolute atomic E-state index is 0.0333.